The minimum absolute atomic E-state index is 0.0256. The molecule has 22 heavy (non-hydrogen) atoms. The fourth-order valence-electron chi connectivity index (χ4n) is 1.77. The zero-order chi connectivity index (χ0) is 16.5. The first-order valence-corrected chi connectivity index (χ1v) is 5.94. The van der Waals surface area contributed by atoms with Gasteiger partial charge in [0.25, 0.3) is 0 Å². The van der Waals surface area contributed by atoms with Gasteiger partial charge in [-0.25, -0.2) is 9.18 Å². The van der Waals surface area contributed by atoms with Crippen molar-refractivity contribution in [1.82, 2.24) is 15.4 Å². The maximum Gasteiger partial charge on any atom is 0.419 e. The van der Waals surface area contributed by atoms with Crippen LogP contribution in [-0.2, 0) is 10.9 Å². The number of nitrogens with zero attached hydrogens (tertiary/aromatic N) is 2. The number of aromatic hydroxyl groups is 1. The summed E-state index contributed by atoms with van der Waals surface area (Å²) in [6.07, 6.45) is -4.90. The van der Waals surface area contributed by atoms with Crippen LogP contribution in [0.3, 0.4) is 0 Å². The molecule has 0 aliphatic heterocycles. The van der Waals surface area contributed by atoms with Gasteiger partial charge in [-0.15, -0.1) is 5.10 Å². The fraction of sp³-hybridized carbons (Fsp3) is 0.250. The predicted molar refractivity (Wildman–Crippen MR) is 64.4 cm³/mol. The zero-order valence-corrected chi connectivity index (χ0v) is 11.0. The van der Waals surface area contributed by atoms with Crippen molar-refractivity contribution >= 4 is 5.97 Å². The van der Waals surface area contributed by atoms with E-state index >= 15 is 0 Å². The largest absolute Gasteiger partial charge is 0.506 e. The van der Waals surface area contributed by atoms with Crippen LogP contribution >= 0.6 is 0 Å². The molecule has 0 saturated carbocycles. The Hall–Kier alpha value is -2.65. The Morgan fingerprint density at radius 2 is 2.05 bits per heavy atom. The molecule has 0 fully saturated rings. The van der Waals surface area contributed by atoms with Gasteiger partial charge in [-0.1, -0.05) is 0 Å². The number of halogens is 4. The molecule has 2 N–H and O–H groups in total. The molecule has 1 aromatic heterocycles. The summed E-state index contributed by atoms with van der Waals surface area (Å²) < 4.78 is 56.8. The number of esters is 1. The number of carbonyl (C=O) groups is 1. The molecule has 0 aliphatic carbocycles. The Morgan fingerprint density at radius 3 is 2.64 bits per heavy atom. The number of aromatic nitrogens is 3. The number of carbonyl (C=O) groups excluding carboxylic acids is 1. The lowest BCUT2D eigenvalue weighted by Gasteiger charge is -2.12. The van der Waals surface area contributed by atoms with Crippen molar-refractivity contribution in [2.45, 2.75) is 13.1 Å². The summed E-state index contributed by atoms with van der Waals surface area (Å²) >= 11 is 0. The molecule has 0 saturated heterocycles. The molecule has 0 bridgehead atoms. The van der Waals surface area contributed by atoms with Gasteiger partial charge in [0.05, 0.1) is 17.7 Å². The average molecular weight is 319 g/mol. The van der Waals surface area contributed by atoms with Crippen molar-refractivity contribution < 1.29 is 32.2 Å². The van der Waals surface area contributed by atoms with Crippen molar-refractivity contribution in [2.75, 3.05) is 6.61 Å². The van der Waals surface area contributed by atoms with Gasteiger partial charge in [-0.3, -0.25) is 0 Å². The molecule has 1 aromatic carbocycles. The number of aromatic amines is 1. The Balaban J connectivity index is 2.64. The highest BCUT2D eigenvalue weighted by molar-refractivity contribution is 5.95. The molecule has 0 spiro atoms. The summed E-state index contributed by atoms with van der Waals surface area (Å²) in [5.41, 5.74) is -3.44. The van der Waals surface area contributed by atoms with Crippen LogP contribution in [0.25, 0.3) is 11.3 Å². The topological polar surface area (TPSA) is 88.1 Å². The molecule has 118 valence electrons. The number of H-pyrrole nitrogens is 1. The van der Waals surface area contributed by atoms with Gasteiger partial charge in [0, 0.05) is 0 Å². The fourth-order valence-corrected chi connectivity index (χ4v) is 1.77. The maximum absolute atomic E-state index is 13.9. The van der Waals surface area contributed by atoms with Crippen molar-refractivity contribution in [3.05, 3.63) is 29.2 Å². The van der Waals surface area contributed by atoms with Gasteiger partial charge < -0.3 is 9.84 Å². The van der Waals surface area contributed by atoms with E-state index in [1.807, 2.05) is 5.21 Å². The van der Waals surface area contributed by atoms with Crippen LogP contribution in [-0.4, -0.2) is 33.1 Å². The molecule has 1 heterocycles. The summed E-state index contributed by atoms with van der Waals surface area (Å²) in [6.45, 7) is 1.47. The normalized spacial score (nSPS) is 11.5. The van der Waals surface area contributed by atoms with Gasteiger partial charge >= 0.3 is 12.1 Å². The highest BCUT2D eigenvalue weighted by Crippen LogP contribution is 2.42. The van der Waals surface area contributed by atoms with Crippen molar-refractivity contribution in [3.8, 4) is 17.0 Å². The predicted octanol–water partition coefficient (Wildman–Crippen LogP) is 2.51. The number of phenolic OH excluding ortho intramolecular Hbond substituents is 1. The molecule has 0 unspecified atom stereocenters. The highest BCUT2D eigenvalue weighted by atomic mass is 19.4. The summed E-state index contributed by atoms with van der Waals surface area (Å²) in [6, 6.07) is 0.903. The van der Waals surface area contributed by atoms with E-state index in [-0.39, 0.29) is 6.61 Å². The average Bonchev–Trinajstić information content (AvgIpc) is 2.86. The Kier molecular flexibility index (Phi) is 4.02. The number of benzene rings is 1. The van der Waals surface area contributed by atoms with E-state index in [2.05, 4.69) is 14.9 Å². The Labute approximate surface area is 120 Å². The molecule has 0 amide bonds. The number of alkyl halides is 3. The summed E-state index contributed by atoms with van der Waals surface area (Å²) in [5.74, 6) is -3.58. The Bertz CT molecular complexity index is 712. The number of rotatable bonds is 3. The van der Waals surface area contributed by atoms with Crippen LogP contribution in [0.15, 0.2) is 12.1 Å². The van der Waals surface area contributed by atoms with E-state index in [0.29, 0.717) is 12.1 Å². The van der Waals surface area contributed by atoms with E-state index in [1.54, 1.807) is 0 Å². The molecule has 2 aromatic rings. The monoisotopic (exact) mass is 319 g/mol. The number of ether oxygens (including phenoxy) is 1. The summed E-state index contributed by atoms with van der Waals surface area (Å²) in [4.78, 5) is 11.6. The number of hydrogen-bond donors (Lipinski definition) is 2. The maximum atomic E-state index is 13.9. The van der Waals surface area contributed by atoms with Crippen molar-refractivity contribution in [3.63, 3.8) is 0 Å². The van der Waals surface area contributed by atoms with Crippen LogP contribution in [0.1, 0.15) is 23.0 Å². The second-order valence-electron chi connectivity index (χ2n) is 4.06. The highest BCUT2D eigenvalue weighted by Gasteiger charge is 2.37. The molecular weight excluding hydrogens is 310 g/mol. The molecule has 6 nitrogen and oxygen atoms in total. The molecular formula is C12H9F4N3O3. The van der Waals surface area contributed by atoms with E-state index in [4.69, 9.17) is 0 Å². The second-order valence-corrected chi connectivity index (χ2v) is 4.06. The van der Waals surface area contributed by atoms with Crippen LogP contribution in [0, 0.1) is 5.82 Å². The third-order valence-corrected chi connectivity index (χ3v) is 2.69. The zero-order valence-electron chi connectivity index (χ0n) is 11.0. The van der Waals surface area contributed by atoms with Gasteiger partial charge in [0.15, 0.2) is 5.69 Å². The number of phenols is 1. The van der Waals surface area contributed by atoms with E-state index in [1.165, 1.54) is 6.92 Å². The second kappa shape index (κ2) is 5.62. The summed E-state index contributed by atoms with van der Waals surface area (Å²) in [7, 11) is 0. The van der Waals surface area contributed by atoms with Gasteiger partial charge in [0.2, 0.25) is 0 Å². The van der Waals surface area contributed by atoms with Gasteiger partial charge in [0.1, 0.15) is 17.3 Å². The first-order chi connectivity index (χ1) is 10.3. The molecule has 0 aliphatic rings. The van der Waals surface area contributed by atoms with Crippen LogP contribution in [0.4, 0.5) is 17.6 Å². The minimum atomic E-state index is -4.90. The lowest BCUT2D eigenvalue weighted by atomic mass is 10.0. The third kappa shape index (κ3) is 2.71. The van der Waals surface area contributed by atoms with Crippen molar-refractivity contribution in [1.29, 1.82) is 0 Å². The smallest absolute Gasteiger partial charge is 0.419 e. The lowest BCUT2D eigenvalue weighted by molar-refractivity contribution is -0.138. The van der Waals surface area contributed by atoms with Crippen LogP contribution in [0.5, 0.6) is 5.75 Å². The SMILES string of the molecule is CCOC(=O)c1n[nH]nc1-c1c(F)ccc(C(F)(F)F)c1O. The van der Waals surface area contributed by atoms with Crippen LogP contribution in [0.2, 0.25) is 0 Å². The standard InChI is InChI=1S/C12H9F4N3O3/c1-2-22-11(21)9-8(17-19-18-9)7-6(13)4-3-5(10(7)20)12(14,15)16/h3-4,20H,2H2,1H3,(H,17,18,19). The minimum Gasteiger partial charge on any atom is -0.506 e. The van der Waals surface area contributed by atoms with Crippen molar-refractivity contribution in [2.24, 2.45) is 0 Å². The number of nitrogens with one attached hydrogen (secondary N) is 1. The quantitative estimate of drug-likeness (QED) is 0.670. The number of hydrogen-bond acceptors (Lipinski definition) is 5. The molecule has 10 heteroatoms. The lowest BCUT2D eigenvalue weighted by Crippen LogP contribution is -2.09. The van der Waals surface area contributed by atoms with Gasteiger partial charge in [-0.05, 0) is 19.1 Å². The molecule has 2 rings (SSSR count). The third-order valence-electron chi connectivity index (χ3n) is 2.69. The molecule has 0 radical (unpaired) electrons. The van der Waals surface area contributed by atoms with Gasteiger partial charge in [-0.2, -0.15) is 23.5 Å². The molecule has 0 atom stereocenters. The Morgan fingerprint density at radius 1 is 1.36 bits per heavy atom. The van der Waals surface area contributed by atoms with E-state index in [9.17, 15) is 27.5 Å². The summed E-state index contributed by atoms with van der Waals surface area (Å²) in [5, 5.41) is 18.6. The first kappa shape index (κ1) is 15.7. The van der Waals surface area contributed by atoms with Crippen LogP contribution < -0.4 is 0 Å². The van der Waals surface area contributed by atoms with E-state index < -0.39 is 46.2 Å². The first-order valence-electron chi connectivity index (χ1n) is 5.94. The van der Waals surface area contributed by atoms with E-state index in [0.717, 1.165) is 0 Å².